The van der Waals surface area contributed by atoms with E-state index in [-0.39, 0.29) is 0 Å². The van der Waals surface area contributed by atoms with Crippen LogP contribution >= 0.6 is 0 Å². The van der Waals surface area contributed by atoms with Gasteiger partial charge in [-0.2, -0.15) is 0 Å². The van der Waals surface area contributed by atoms with Gasteiger partial charge in [0.25, 0.3) is 0 Å². The molecule has 3 aromatic rings. The van der Waals surface area contributed by atoms with Gasteiger partial charge >= 0.3 is 0 Å². The zero-order chi connectivity index (χ0) is 21.0. The average molecular weight is 406 g/mol. The molecule has 0 fully saturated rings. The summed E-state index contributed by atoms with van der Waals surface area (Å²) in [7, 11) is 4.21. The van der Waals surface area contributed by atoms with Crippen molar-refractivity contribution in [1.29, 1.82) is 0 Å². The monoisotopic (exact) mass is 405 g/mol. The third-order valence-corrected chi connectivity index (χ3v) is 4.69. The topological polar surface area (TPSA) is 30.9 Å². The smallest absolute Gasteiger partial charge is 0.122 e. The van der Waals surface area contributed by atoms with Gasteiger partial charge in [0.1, 0.15) is 37.1 Å². The normalized spacial score (nSPS) is 10.8. The van der Waals surface area contributed by atoms with Crippen LogP contribution in [-0.2, 0) is 13.0 Å². The molecule has 0 aliphatic carbocycles. The molecule has 0 radical (unpaired) electrons. The second-order valence-corrected chi connectivity index (χ2v) is 7.49. The van der Waals surface area contributed by atoms with Gasteiger partial charge in [0.2, 0.25) is 0 Å². The first-order valence-electron chi connectivity index (χ1n) is 10.4. The second kappa shape index (κ2) is 11.9. The molecule has 158 valence electrons. The maximum Gasteiger partial charge on any atom is 0.122 e. The van der Waals surface area contributed by atoms with Crippen LogP contribution in [0.2, 0.25) is 0 Å². The summed E-state index contributed by atoms with van der Waals surface area (Å²) in [6.07, 6.45) is 2.25. The maximum atomic E-state index is 5.79. The van der Waals surface area contributed by atoms with E-state index in [2.05, 4.69) is 43.3 Å². The number of benzene rings is 3. The van der Waals surface area contributed by atoms with Crippen molar-refractivity contribution in [2.75, 3.05) is 33.9 Å². The molecule has 0 bridgehead atoms. The summed E-state index contributed by atoms with van der Waals surface area (Å²) in [5.74, 6) is 2.51. The molecule has 4 heteroatoms. The van der Waals surface area contributed by atoms with Crippen LogP contribution in [0.5, 0.6) is 17.2 Å². The van der Waals surface area contributed by atoms with Gasteiger partial charge < -0.3 is 19.1 Å². The van der Waals surface area contributed by atoms with Crippen molar-refractivity contribution in [1.82, 2.24) is 4.90 Å². The summed E-state index contributed by atoms with van der Waals surface area (Å²) in [4.78, 5) is 2.21. The van der Waals surface area contributed by atoms with Crippen LogP contribution in [0.15, 0.2) is 78.9 Å². The molecular weight excluding hydrogens is 374 g/mol. The van der Waals surface area contributed by atoms with E-state index in [1.54, 1.807) is 0 Å². The Balaban J connectivity index is 1.33. The van der Waals surface area contributed by atoms with Gasteiger partial charge in [-0.3, -0.25) is 0 Å². The first-order chi connectivity index (χ1) is 14.7. The van der Waals surface area contributed by atoms with Crippen LogP contribution in [0.25, 0.3) is 0 Å². The van der Waals surface area contributed by atoms with E-state index in [0.29, 0.717) is 19.8 Å². The molecule has 0 saturated heterocycles. The standard InChI is InChI=1S/C26H31NO3/c1-27(2)18-6-9-22-10-12-24(13-11-22)28-19-20-29-25-14-16-26(17-15-25)30-21-23-7-4-3-5-8-23/h3-5,7-8,10-17H,6,9,18-21H2,1-2H3. The van der Waals surface area contributed by atoms with Gasteiger partial charge in [0, 0.05) is 0 Å². The Morgan fingerprint density at radius 3 is 1.70 bits per heavy atom. The van der Waals surface area contributed by atoms with E-state index in [9.17, 15) is 0 Å². The lowest BCUT2D eigenvalue weighted by Gasteiger charge is -2.11. The minimum atomic E-state index is 0.495. The van der Waals surface area contributed by atoms with Crippen molar-refractivity contribution in [3.63, 3.8) is 0 Å². The van der Waals surface area contributed by atoms with Crippen molar-refractivity contribution >= 4 is 0 Å². The molecule has 0 unspecified atom stereocenters. The zero-order valence-corrected chi connectivity index (χ0v) is 17.9. The number of ether oxygens (including phenoxy) is 3. The number of hydrogen-bond acceptors (Lipinski definition) is 4. The highest BCUT2D eigenvalue weighted by molar-refractivity contribution is 5.31. The van der Waals surface area contributed by atoms with Gasteiger partial charge in [-0.1, -0.05) is 42.5 Å². The molecule has 3 rings (SSSR count). The molecule has 0 aliphatic rings. The molecule has 30 heavy (non-hydrogen) atoms. The Morgan fingerprint density at radius 1 is 0.600 bits per heavy atom. The molecular formula is C26H31NO3. The van der Waals surface area contributed by atoms with Crippen LogP contribution in [0.3, 0.4) is 0 Å². The average Bonchev–Trinajstić information content (AvgIpc) is 2.77. The minimum absolute atomic E-state index is 0.495. The molecule has 0 aromatic heterocycles. The number of nitrogens with zero attached hydrogens (tertiary/aromatic N) is 1. The van der Waals surface area contributed by atoms with Crippen molar-refractivity contribution in [3.05, 3.63) is 90.0 Å². The fraction of sp³-hybridized carbons (Fsp3) is 0.308. The van der Waals surface area contributed by atoms with E-state index in [0.717, 1.165) is 42.2 Å². The van der Waals surface area contributed by atoms with Crippen LogP contribution in [0.4, 0.5) is 0 Å². The minimum Gasteiger partial charge on any atom is -0.490 e. The lowest BCUT2D eigenvalue weighted by Crippen LogP contribution is -2.13. The van der Waals surface area contributed by atoms with Crippen molar-refractivity contribution < 1.29 is 14.2 Å². The van der Waals surface area contributed by atoms with E-state index in [1.165, 1.54) is 5.56 Å². The maximum absolute atomic E-state index is 5.79. The summed E-state index contributed by atoms with van der Waals surface area (Å²) in [5, 5.41) is 0. The van der Waals surface area contributed by atoms with E-state index >= 15 is 0 Å². The van der Waals surface area contributed by atoms with Crippen molar-refractivity contribution in [3.8, 4) is 17.2 Å². The van der Waals surface area contributed by atoms with Gasteiger partial charge in [-0.15, -0.1) is 0 Å². The largest absolute Gasteiger partial charge is 0.490 e. The van der Waals surface area contributed by atoms with E-state index in [4.69, 9.17) is 14.2 Å². The predicted molar refractivity (Wildman–Crippen MR) is 122 cm³/mol. The number of rotatable bonds is 12. The van der Waals surface area contributed by atoms with Crippen molar-refractivity contribution in [2.24, 2.45) is 0 Å². The molecule has 0 amide bonds. The molecule has 0 N–H and O–H groups in total. The van der Waals surface area contributed by atoms with Gasteiger partial charge in [-0.25, -0.2) is 0 Å². The molecule has 0 heterocycles. The fourth-order valence-corrected chi connectivity index (χ4v) is 3.04. The Hall–Kier alpha value is -2.98. The Labute approximate surface area is 180 Å². The highest BCUT2D eigenvalue weighted by Crippen LogP contribution is 2.19. The Bertz CT molecular complexity index is 846. The third-order valence-electron chi connectivity index (χ3n) is 4.69. The second-order valence-electron chi connectivity index (χ2n) is 7.49. The Kier molecular flexibility index (Phi) is 8.61. The Morgan fingerprint density at radius 2 is 1.13 bits per heavy atom. The van der Waals surface area contributed by atoms with Crippen LogP contribution in [0.1, 0.15) is 17.5 Å². The highest BCUT2D eigenvalue weighted by Gasteiger charge is 2.00. The molecule has 0 saturated carbocycles. The zero-order valence-electron chi connectivity index (χ0n) is 17.9. The molecule has 3 aromatic carbocycles. The summed E-state index contributed by atoms with van der Waals surface area (Å²) >= 11 is 0. The van der Waals surface area contributed by atoms with E-state index in [1.807, 2.05) is 54.6 Å². The summed E-state index contributed by atoms with van der Waals surface area (Å²) in [6.45, 7) is 2.67. The first kappa shape index (κ1) is 21.7. The summed E-state index contributed by atoms with van der Waals surface area (Å²) in [6, 6.07) is 26.2. The van der Waals surface area contributed by atoms with Crippen LogP contribution in [0, 0.1) is 0 Å². The van der Waals surface area contributed by atoms with Crippen LogP contribution < -0.4 is 14.2 Å². The molecule has 0 atom stereocenters. The SMILES string of the molecule is CN(C)CCCc1ccc(OCCOc2ccc(OCc3ccccc3)cc2)cc1. The number of hydrogen-bond donors (Lipinski definition) is 0. The third kappa shape index (κ3) is 7.80. The fourth-order valence-electron chi connectivity index (χ4n) is 3.04. The van der Waals surface area contributed by atoms with Gasteiger partial charge in [-0.05, 0) is 81.0 Å². The lowest BCUT2D eigenvalue weighted by molar-refractivity contribution is 0.217. The summed E-state index contributed by atoms with van der Waals surface area (Å²) in [5.41, 5.74) is 2.49. The van der Waals surface area contributed by atoms with Crippen molar-refractivity contribution in [2.45, 2.75) is 19.4 Å². The van der Waals surface area contributed by atoms with E-state index < -0.39 is 0 Å². The first-order valence-corrected chi connectivity index (χ1v) is 10.4. The predicted octanol–water partition coefficient (Wildman–Crippen LogP) is 5.22. The quantitative estimate of drug-likeness (QED) is 0.387. The summed E-state index contributed by atoms with van der Waals surface area (Å²) < 4.78 is 17.3. The lowest BCUT2D eigenvalue weighted by atomic mass is 10.1. The molecule has 4 nitrogen and oxygen atoms in total. The highest BCUT2D eigenvalue weighted by atomic mass is 16.5. The molecule has 0 aliphatic heterocycles. The van der Waals surface area contributed by atoms with Gasteiger partial charge in [0.15, 0.2) is 0 Å². The molecule has 0 spiro atoms. The van der Waals surface area contributed by atoms with Crippen LogP contribution in [-0.4, -0.2) is 38.8 Å². The number of aryl methyl sites for hydroxylation is 1. The van der Waals surface area contributed by atoms with Gasteiger partial charge in [0.05, 0.1) is 0 Å².